The van der Waals surface area contributed by atoms with Crippen molar-refractivity contribution in [1.82, 2.24) is 0 Å². The summed E-state index contributed by atoms with van der Waals surface area (Å²) in [4.78, 5) is 10.5. The zero-order valence-electron chi connectivity index (χ0n) is 9.40. The van der Waals surface area contributed by atoms with Crippen LogP contribution in [0.25, 0.3) is 0 Å². The smallest absolute Gasteiger partial charge is 0.321 e. The van der Waals surface area contributed by atoms with Crippen molar-refractivity contribution in [2.45, 2.75) is 51.2 Å². The molecule has 0 radical (unpaired) electrons. The molecule has 0 spiro atoms. The minimum Gasteiger partial charge on any atom is -0.480 e. The number of hydrogen-bond donors (Lipinski definition) is 1. The van der Waals surface area contributed by atoms with Crippen molar-refractivity contribution in [1.29, 1.82) is 0 Å². The number of rotatable bonds is 8. The molecule has 0 aromatic heterocycles. The number of unbranched alkanes of at least 4 members (excludes halogenated alkanes) is 4. The summed E-state index contributed by atoms with van der Waals surface area (Å²) < 4.78 is 22.8. The summed E-state index contributed by atoms with van der Waals surface area (Å²) in [7, 11) is -3.45. The largest absolute Gasteiger partial charge is 0.480 e. The van der Waals surface area contributed by atoms with Gasteiger partial charge in [-0.1, -0.05) is 32.6 Å². The van der Waals surface area contributed by atoms with Crippen LogP contribution in [0.15, 0.2) is 0 Å². The number of carboxylic acid groups (broad SMARTS) is 1. The van der Waals surface area contributed by atoms with Gasteiger partial charge < -0.3 is 5.11 Å². The van der Waals surface area contributed by atoms with Crippen molar-refractivity contribution in [2.75, 3.05) is 5.75 Å². The van der Waals surface area contributed by atoms with Crippen LogP contribution in [0, 0.1) is 0 Å². The molecule has 15 heavy (non-hydrogen) atoms. The van der Waals surface area contributed by atoms with Crippen LogP contribution in [0.4, 0.5) is 0 Å². The van der Waals surface area contributed by atoms with E-state index in [-0.39, 0.29) is 5.75 Å². The lowest BCUT2D eigenvalue weighted by molar-refractivity contribution is -0.136. The van der Waals surface area contributed by atoms with Crippen LogP contribution in [-0.4, -0.2) is 30.5 Å². The highest BCUT2D eigenvalue weighted by molar-refractivity contribution is 7.92. The molecule has 1 unspecified atom stereocenters. The molecule has 0 rings (SSSR count). The lowest BCUT2D eigenvalue weighted by Crippen LogP contribution is -2.29. The number of hydrogen-bond acceptors (Lipinski definition) is 3. The Bertz CT molecular complexity index is 282. The van der Waals surface area contributed by atoms with Gasteiger partial charge >= 0.3 is 5.97 Å². The van der Waals surface area contributed by atoms with Crippen molar-refractivity contribution in [2.24, 2.45) is 0 Å². The summed E-state index contributed by atoms with van der Waals surface area (Å²) in [5, 5.41) is 7.30. The standard InChI is InChI=1S/C10H20O4S/c1-3-4-5-6-7-8-15(13,14)9(2)10(11)12/h9H,3-8H2,1-2H3,(H,11,12). The molecule has 0 aromatic carbocycles. The van der Waals surface area contributed by atoms with Gasteiger partial charge in [0, 0.05) is 0 Å². The summed E-state index contributed by atoms with van der Waals surface area (Å²) in [6.45, 7) is 3.31. The first-order valence-electron chi connectivity index (χ1n) is 5.36. The molecule has 90 valence electrons. The summed E-state index contributed by atoms with van der Waals surface area (Å²) in [6, 6.07) is 0. The molecular formula is C10H20O4S. The molecule has 0 heterocycles. The van der Waals surface area contributed by atoms with E-state index in [0.717, 1.165) is 25.7 Å². The quantitative estimate of drug-likeness (QED) is 0.653. The van der Waals surface area contributed by atoms with Crippen molar-refractivity contribution < 1.29 is 18.3 Å². The van der Waals surface area contributed by atoms with Gasteiger partial charge in [-0.15, -0.1) is 0 Å². The first-order valence-corrected chi connectivity index (χ1v) is 7.07. The van der Waals surface area contributed by atoms with Crippen LogP contribution < -0.4 is 0 Å². The van der Waals surface area contributed by atoms with Crippen LogP contribution in [0.3, 0.4) is 0 Å². The monoisotopic (exact) mass is 236 g/mol. The molecule has 0 aromatic rings. The molecule has 0 aliphatic heterocycles. The summed E-state index contributed by atoms with van der Waals surface area (Å²) in [6.07, 6.45) is 4.67. The van der Waals surface area contributed by atoms with E-state index in [0.29, 0.717) is 6.42 Å². The van der Waals surface area contributed by atoms with Crippen molar-refractivity contribution in [3.8, 4) is 0 Å². The normalized spacial score (nSPS) is 13.7. The molecule has 0 bridgehead atoms. The second-order valence-corrected chi connectivity index (χ2v) is 6.20. The van der Waals surface area contributed by atoms with Gasteiger partial charge in [-0.2, -0.15) is 0 Å². The van der Waals surface area contributed by atoms with Gasteiger partial charge in [0.1, 0.15) is 0 Å². The first-order chi connectivity index (χ1) is 6.91. The Labute approximate surface area is 91.6 Å². The van der Waals surface area contributed by atoms with Crippen molar-refractivity contribution in [3.63, 3.8) is 0 Å². The molecule has 1 N–H and O–H groups in total. The second kappa shape index (κ2) is 6.82. The van der Waals surface area contributed by atoms with Crippen molar-refractivity contribution >= 4 is 15.8 Å². The van der Waals surface area contributed by atoms with Crippen molar-refractivity contribution in [3.05, 3.63) is 0 Å². The fraction of sp³-hybridized carbons (Fsp3) is 0.900. The number of aliphatic carboxylic acids is 1. The summed E-state index contributed by atoms with van der Waals surface area (Å²) in [5.41, 5.74) is 0. The summed E-state index contributed by atoms with van der Waals surface area (Å²) >= 11 is 0. The minimum atomic E-state index is -3.45. The predicted octanol–water partition coefficient (Wildman–Crippen LogP) is 1.84. The Hall–Kier alpha value is -0.580. The van der Waals surface area contributed by atoms with Crippen LogP contribution in [0.2, 0.25) is 0 Å². The van der Waals surface area contributed by atoms with Gasteiger partial charge in [-0.05, 0) is 13.3 Å². The highest BCUT2D eigenvalue weighted by atomic mass is 32.2. The molecule has 5 heteroatoms. The highest BCUT2D eigenvalue weighted by Crippen LogP contribution is 2.08. The van der Waals surface area contributed by atoms with Crippen LogP contribution >= 0.6 is 0 Å². The Kier molecular flexibility index (Phi) is 6.56. The predicted molar refractivity (Wildman–Crippen MR) is 59.6 cm³/mol. The molecule has 1 atom stereocenters. The van der Waals surface area contributed by atoms with E-state index in [2.05, 4.69) is 6.92 Å². The van der Waals surface area contributed by atoms with E-state index >= 15 is 0 Å². The Morgan fingerprint density at radius 3 is 2.20 bits per heavy atom. The highest BCUT2D eigenvalue weighted by Gasteiger charge is 2.26. The second-order valence-electron chi connectivity index (χ2n) is 3.76. The average Bonchev–Trinajstić information content (AvgIpc) is 2.16. The van der Waals surface area contributed by atoms with Crippen LogP contribution in [-0.2, 0) is 14.6 Å². The lowest BCUT2D eigenvalue weighted by atomic mass is 10.2. The number of carboxylic acids is 1. The minimum absolute atomic E-state index is 0.00974. The molecule has 0 saturated heterocycles. The molecule has 0 amide bonds. The molecule has 0 aliphatic rings. The van der Waals surface area contributed by atoms with E-state index in [1.54, 1.807) is 0 Å². The third-order valence-electron chi connectivity index (χ3n) is 2.42. The summed E-state index contributed by atoms with van der Waals surface area (Å²) in [5.74, 6) is -1.27. The van der Waals surface area contributed by atoms with E-state index in [4.69, 9.17) is 5.11 Å². The molecule has 4 nitrogen and oxygen atoms in total. The van der Waals surface area contributed by atoms with Crippen LogP contribution in [0.1, 0.15) is 46.0 Å². The molecule has 0 fully saturated rings. The van der Waals surface area contributed by atoms with Gasteiger partial charge in [-0.25, -0.2) is 8.42 Å². The lowest BCUT2D eigenvalue weighted by Gasteiger charge is -2.07. The van der Waals surface area contributed by atoms with Gasteiger partial charge in [0.2, 0.25) is 0 Å². The maximum atomic E-state index is 11.4. The topological polar surface area (TPSA) is 71.4 Å². The van der Waals surface area contributed by atoms with Gasteiger partial charge in [0.25, 0.3) is 0 Å². The third kappa shape index (κ3) is 5.77. The SMILES string of the molecule is CCCCCCCS(=O)(=O)C(C)C(=O)O. The zero-order chi connectivity index (χ0) is 11.9. The van der Waals surface area contributed by atoms with E-state index < -0.39 is 21.1 Å². The fourth-order valence-corrected chi connectivity index (χ4v) is 2.50. The molecule has 0 saturated carbocycles. The maximum Gasteiger partial charge on any atom is 0.321 e. The Balaban J connectivity index is 3.90. The Morgan fingerprint density at radius 2 is 1.73 bits per heavy atom. The van der Waals surface area contributed by atoms with Gasteiger partial charge in [0.05, 0.1) is 5.75 Å². The zero-order valence-corrected chi connectivity index (χ0v) is 10.2. The van der Waals surface area contributed by atoms with E-state index in [9.17, 15) is 13.2 Å². The Morgan fingerprint density at radius 1 is 1.20 bits per heavy atom. The van der Waals surface area contributed by atoms with E-state index in [1.165, 1.54) is 6.92 Å². The average molecular weight is 236 g/mol. The van der Waals surface area contributed by atoms with E-state index in [1.807, 2.05) is 0 Å². The number of carbonyl (C=O) groups is 1. The first kappa shape index (κ1) is 14.4. The maximum absolute atomic E-state index is 11.4. The number of sulfone groups is 1. The molecular weight excluding hydrogens is 216 g/mol. The molecule has 0 aliphatic carbocycles. The van der Waals surface area contributed by atoms with Gasteiger partial charge in [-0.3, -0.25) is 4.79 Å². The van der Waals surface area contributed by atoms with Crippen LogP contribution in [0.5, 0.6) is 0 Å². The third-order valence-corrected chi connectivity index (χ3v) is 4.56. The van der Waals surface area contributed by atoms with Gasteiger partial charge in [0.15, 0.2) is 15.1 Å². The fourth-order valence-electron chi connectivity index (χ4n) is 1.24.